The Labute approximate surface area is 259 Å². The van der Waals surface area contributed by atoms with Crippen molar-refractivity contribution in [3.8, 4) is 11.5 Å². The molecule has 0 saturated carbocycles. The fourth-order valence-corrected chi connectivity index (χ4v) is 7.64. The average Bonchev–Trinajstić information content (AvgIpc) is 3.25. The molecule has 2 atom stereocenters. The van der Waals surface area contributed by atoms with Gasteiger partial charge in [-0.1, -0.05) is 76.6 Å². The van der Waals surface area contributed by atoms with Crippen LogP contribution in [0.2, 0.25) is 0 Å². The van der Waals surface area contributed by atoms with Crippen molar-refractivity contribution in [2.24, 2.45) is 16.9 Å². The monoisotopic (exact) mass is 718 g/mol. The standard InChI is InChI=1S/C33H24BrIN2O4/c1-40-26-15-19(14-25(35)31(26)41-17-18-10-12-20(34)13-11-18)16-36-37-32(38)29-27-21-6-2-3-7-22(21)28(30(29)33(37)39)24-9-5-4-8-23(24)27/h2-16,27-30H,17H2,1H3/b36-16-/t27?,28?,29-,30+. The maximum Gasteiger partial charge on any atom is 0.254 e. The second-order valence-corrected chi connectivity index (χ2v) is 12.5. The molecule has 204 valence electrons. The van der Waals surface area contributed by atoms with E-state index in [9.17, 15) is 9.59 Å². The van der Waals surface area contributed by atoms with Crippen LogP contribution in [0.4, 0.5) is 0 Å². The van der Waals surface area contributed by atoms with Crippen molar-refractivity contribution in [1.82, 2.24) is 5.01 Å². The van der Waals surface area contributed by atoms with Crippen molar-refractivity contribution < 1.29 is 19.1 Å². The number of nitrogens with zero attached hydrogens (tertiary/aromatic N) is 2. The van der Waals surface area contributed by atoms with Gasteiger partial charge < -0.3 is 9.47 Å². The highest BCUT2D eigenvalue weighted by Gasteiger charge is 2.61. The van der Waals surface area contributed by atoms with E-state index in [4.69, 9.17) is 9.47 Å². The van der Waals surface area contributed by atoms with Crippen molar-refractivity contribution in [3.05, 3.63) is 126 Å². The minimum Gasteiger partial charge on any atom is -0.493 e. The van der Waals surface area contributed by atoms with Crippen LogP contribution in [0.3, 0.4) is 0 Å². The van der Waals surface area contributed by atoms with Gasteiger partial charge >= 0.3 is 0 Å². The Bertz CT molecular complexity index is 1620. The first-order chi connectivity index (χ1) is 20.0. The van der Waals surface area contributed by atoms with Crippen LogP contribution in [0, 0.1) is 15.4 Å². The highest BCUT2D eigenvalue weighted by atomic mass is 127. The lowest BCUT2D eigenvalue weighted by atomic mass is 9.55. The average molecular weight is 719 g/mol. The molecule has 2 bridgehead atoms. The molecule has 0 radical (unpaired) electrons. The zero-order valence-electron chi connectivity index (χ0n) is 22.0. The van der Waals surface area contributed by atoms with Crippen LogP contribution >= 0.6 is 38.5 Å². The molecule has 8 heteroatoms. The Morgan fingerprint density at radius 2 is 1.39 bits per heavy atom. The number of hydrogen-bond acceptors (Lipinski definition) is 5. The molecule has 4 aliphatic rings. The molecule has 0 N–H and O–H groups in total. The van der Waals surface area contributed by atoms with E-state index < -0.39 is 11.8 Å². The molecule has 0 unspecified atom stereocenters. The van der Waals surface area contributed by atoms with E-state index in [0.29, 0.717) is 23.7 Å². The largest absolute Gasteiger partial charge is 0.493 e. The number of carbonyl (C=O) groups is 2. The molecular weight excluding hydrogens is 695 g/mol. The third-order valence-electron chi connectivity index (χ3n) is 8.30. The minimum atomic E-state index is -0.460. The first kappa shape index (κ1) is 26.4. The Hall–Kier alpha value is -3.50. The molecular formula is C33H24BrIN2O4. The summed E-state index contributed by atoms with van der Waals surface area (Å²) in [4.78, 5) is 27.6. The lowest BCUT2D eigenvalue weighted by Gasteiger charge is -2.45. The topological polar surface area (TPSA) is 68.2 Å². The van der Waals surface area contributed by atoms with Crippen molar-refractivity contribution in [3.63, 3.8) is 0 Å². The molecule has 8 rings (SSSR count). The van der Waals surface area contributed by atoms with Crippen LogP contribution in [0.1, 0.15) is 45.2 Å². The summed E-state index contributed by atoms with van der Waals surface area (Å²) >= 11 is 5.65. The summed E-state index contributed by atoms with van der Waals surface area (Å²) in [5, 5.41) is 5.54. The quantitative estimate of drug-likeness (QED) is 0.124. The molecule has 2 amide bonds. The number of benzene rings is 4. The molecule has 4 aromatic carbocycles. The first-order valence-corrected chi connectivity index (χ1v) is 15.2. The van der Waals surface area contributed by atoms with E-state index in [0.717, 1.165) is 40.9 Å². The molecule has 3 aliphatic carbocycles. The molecule has 0 spiro atoms. The predicted octanol–water partition coefficient (Wildman–Crippen LogP) is 6.87. The fraction of sp³-hybridized carbons (Fsp3) is 0.182. The van der Waals surface area contributed by atoms with E-state index in [1.165, 1.54) is 0 Å². The van der Waals surface area contributed by atoms with Gasteiger partial charge in [0.05, 0.1) is 28.7 Å². The number of hydrazone groups is 1. The first-order valence-electron chi connectivity index (χ1n) is 13.3. The summed E-state index contributed by atoms with van der Waals surface area (Å²) in [6, 6.07) is 28.1. The van der Waals surface area contributed by atoms with Gasteiger partial charge in [0.2, 0.25) is 0 Å². The third kappa shape index (κ3) is 4.30. The molecule has 1 fully saturated rings. The predicted molar refractivity (Wildman–Crippen MR) is 167 cm³/mol. The van der Waals surface area contributed by atoms with Crippen molar-refractivity contribution >= 4 is 56.5 Å². The highest BCUT2D eigenvalue weighted by molar-refractivity contribution is 14.1. The third-order valence-corrected chi connectivity index (χ3v) is 9.63. The Morgan fingerprint density at radius 3 is 1.90 bits per heavy atom. The summed E-state index contributed by atoms with van der Waals surface area (Å²) in [6.07, 6.45) is 1.55. The Morgan fingerprint density at radius 1 is 0.854 bits per heavy atom. The number of carbonyl (C=O) groups excluding carboxylic acids is 2. The number of halogens is 2. The van der Waals surface area contributed by atoms with Crippen LogP contribution < -0.4 is 9.47 Å². The summed E-state index contributed by atoms with van der Waals surface area (Å²) in [5.41, 5.74) is 6.30. The van der Waals surface area contributed by atoms with Gasteiger partial charge in [-0.3, -0.25) is 9.59 Å². The lowest BCUT2D eigenvalue weighted by molar-refractivity contribution is -0.139. The fourth-order valence-electron chi connectivity index (χ4n) is 6.59. The summed E-state index contributed by atoms with van der Waals surface area (Å²) in [6.45, 7) is 0.389. The second kappa shape index (κ2) is 10.4. The van der Waals surface area contributed by atoms with Gasteiger partial charge in [-0.05, 0) is 80.2 Å². The van der Waals surface area contributed by atoms with Gasteiger partial charge in [-0.15, -0.1) is 0 Å². The SMILES string of the molecule is COc1cc(/C=N\N2C(=O)[C@@H]3C4c5ccccc5C(c5ccccc54)[C@@H]3C2=O)cc(I)c1OCc1ccc(Br)cc1. The van der Waals surface area contributed by atoms with Gasteiger partial charge in [0.15, 0.2) is 11.5 Å². The normalized spacial score (nSPS) is 22.1. The van der Waals surface area contributed by atoms with E-state index in [-0.39, 0.29) is 23.7 Å². The van der Waals surface area contributed by atoms with E-state index >= 15 is 0 Å². The number of amides is 2. The zero-order valence-corrected chi connectivity index (χ0v) is 25.7. The van der Waals surface area contributed by atoms with Gasteiger partial charge in [-0.2, -0.15) is 10.1 Å². The van der Waals surface area contributed by atoms with Gasteiger partial charge in [0.1, 0.15) is 6.61 Å². The number of hydrogen-bond donors (Lipinski definition) is 0. The van der Waals surface area contributed by atoms with Crippen molar-refractivity contribution in [2.45, 2.75) is 18.4 Å². The second-order valence-electron chi connectivity index (χ2n) is 10.4. The number of imide groups is 1. The van der Waals surface area contributed by atoms with Crippen LogP contribution in [0.5, 0.6) is 11.5 Å². The van der Waals surface area contributed by atoms with Crippen molar-refractivity contribution in [1.29, 1.82) is 0 Å². The lowest BCUT2D eigenvalue weighted by Crippen LogP contribution is -2.41. The summed E-state index contributed by atoms with van der Waals surface area (Å²) in [7, 11) is 1.59. The zero-order chi connectivity index (χ0) is 28.2. The molecule has 1 saturated heterocycles. The van der Waals surface area contributed by atoms with Gasteiger partial charge in [0.25, 0.3) is 11.8 Å². The molecule has 6 nitrogen and oxygen atoms in total. The van der Waals surface area contributed by atoms with Crippen LogP contribution in [0.15, 0.2) is 94.5 Å². The summed E-state index contributed by atoms with van der Waals surface area (Å²) in [5.74, 6) is -0.545. The summed E-state index contributed by atoms with van der Waals surface area (Å²) < 4.78 is 13.6. The van der Waals surface area contributed by atoms with E-state index in [1.54, 1.807) is 19.4 Å². The number of methoxy groups -OCH3 is 1. The van der Waals surface area contributed by atoms with Crippen LogP contribution in [-0.2, 0) is 16.2 Å². The maximum absolute atomic E-state index is 13.8. The van der Waals surface area contributed by atoms with Crippen LogP contribution in [-0.4, -0.2) is 30.1 Å². The van der Waals surface area contributed by atoms with Crippen LogP contribution in [0.25, 0.3) is 0 Å². The van der Waals surface area contributed by atoms with Gasteiger partial charge in [0, 0.05) is 16.3 Å². The van der Waals surface area contributed by atoms with E-state index in [2.05, 4.69) is 67.9 Å². The molecule has 0 aromatic heterocycles. The molecule has 41 heavy (non-hydrogen) atoms. The highest BCUT2D eigenvalue weighted by Crippen LogP contribution is 2.61. The molecule has 1 aliphatic heterocycles. The number of rotatable bonds is 6. The molecule has 1 heterocycles. The van der Waals surface area contributed by atoms with Crippen molar-refractivity contribution in [2.75, 3.05) is 7.11 Å². The Balaban J connectivity index is 1.17. The molecule has 4 aromatic rings. The smallest absolute Gasteiger partial charge is 0.254 e. The Kier molecular flexibility index (Phi) is 6.70. The van der Waals surface area contributed by atoms with Gasteiger partial charge in [-0.25, -0.2) is 0 Å². The van der Waals surface area contributed by atoms with E-state index in [1.807, 2.05) is 54.6 Å². The minimum absolute atomic E-state index is 0.155. The maximum atomic E-state index is 13.8. The number of ether oxygens (including phenoxy) is 2.